The third-order valence-corrected chi connectivity index (χ3v) is 2.33. The fraction of sp³-hybridized carbons (Fsp3) is 0.500. The highest BCUT2D eigenvalue weighted by Gasteiger charge is 1.95. The lowest BCUT2D eigenvalue weighted by atomic mass is 10.3. The summed E-state index contributed by atoms with van der Waals surface area (Å²) < 4.78 is 5.58. The summed E-state index contributed by atoms with van der Waals surface area (Å²) in [6, 6.07) is 9.75. The molecule has 5 nitrogen and oxygen atoms in total. The molecule has 114 valence electrons. The zero-order chi connectivity index (χ0) is 13.8. The zero-order valence-corrected chi connectivity index (χ0v) is 14.2. The quantitative estimate of drug-likeness (QED) is 0.272. The molecular formula is C14H24IN3O2. The Morgan fingerprint density at radius 2 is 2.00 bits per heavy atom. The molecule has 0 aliphatic heterocycles. The van der Waals surface area contributed by atoms with E-state index in [-0.39, 0.29) is 30.6 Å². The molecule has 1 rings (SSSR count). The van der Waals surface area contributed by atoms with E-state index in [1.807, 2.05) is 37.3 Å². The Morgan fingerprint density at radius 1 is 1.25 bits per heavy atom. The molecule has 0 aliphatic rings. The van der Waals surface area contributed by atoms with Crippen LogP contribution >= 0.6 is 24.0 Å². The van der Waals surface area contributed by atoms with Gasteiger partial charge in [0.2, 0.25) is 0 Å². The summed E-state index contributed by atoms with van der Waals surface area (Å²) in [5.74, 6) is 1.62. The van der Waals surface area contributed by atoms with Crippen molar-refractivity contribution in [3.05, 3.63) is 30.3 Å². The van der Waals surface area contributed by atoms with E-state index in [0.717, 1.165) is 24.7 Å². The minimum Gasteiger partial charge on any atom is -0.494 e. The summed E-state index contributed by atoms with van der Waals surface area (Å²) in [5, 5.41) is 14.9. The van der Waals surface area contributed by atoms with Crippen LogP contribution in [-0.2, 0) is 0 Å². The molecule has 1 aromatic rings. The highest BCUT2D eigenvalue weighted by atomic mass is 127. The molecule has 0 fully saturated rings. The largest absolute Gasteiger partial charge is 0.494 e. The number of nitrogens with zero attached hydrogens (tertiary/aromatic N) is 1. The first kappa shape index (κ1) is 19.0. The molecule has 0 amide bonds. The van der Waals surface area contributed by atoms with Crippen LogP contribution in [0, 0.1) is 0 Å². The van der Waals surface area contributed by atoms with Crippen LogP contribution in [0.25, 0.3) is 0 Å². The van der Waals surface area contributed by atoms with Gasteiger partial charge >= 0.3 is 0 Å². The second-order valence-corrected chi connectivity index (χ2v) is 3.93. The molecule has 0 heterocycles. The fourth-order valence-corrected chi connectivity index (χ4v) is 1.48. The first-order valence-corrected chi connectivity index (χ1v) is 6.67. The highest BCUT2D eigenvalue weighted by Crippen LogP contribution is 2.08. The standard InChI is InChI=1S/C14H23N3O2.HI/c1-2-15-14(17-10-11-18)16-9-6-12-19-13-7-4-3-5-8-13;/h3-5,7-8,18H,2,6,9-12H2,1H3,(H2,15,16,17);1H. The second kappa shape index (κ2) is 13.0. The summed E-state index contributed by atoms with van der Waals surface area (Å²) in [6.07, 6.45) is 0.852. The van der Waals surface area contributed by atoms with Crippen molar-refractivity contribution in [3.63, 3.8) is 0 Å². The van der Waals surface area contributed by atoms with Crippen molar-refractivity contribution in [2.24, 2.45) is 4.99 Å². The number of halogens is 1. The Labute approximate surface area is 137 Å². The molecule has 20 heavy (non-hydrogen) atoms. The maximum atomic E-state index is 8.75. The van der Waals surface area contributed by atoms with Crippen molar-refractivity contribution in [3.8, 4) is 5.75 Å². The van der Waals surface area contributed by atoms with Crippen molar-refractivity contribution in [1.29, 1.82) is 0 Å². The third kappa shape index (κ3) is 8.98. The van der Waals surface area contributed by atoms with Gasteiger partial charge in [-0.2, -0.15) is 0 Å². The Morgan fingerprint density at radius 3 is 2.65 bits per heavy atom. The van der Waals surface area contributed by atoms with Gasteiger partial charge in [-0.15, -0.1) is 24.0 Å². The lowest BCUT2D eigenvalue weighted by Gasteiger charge is -2.10. The molecule has 6 heteroatoms. The van der Waals surface area contributed by atoms with Crippen molar-refractivity contribution >= 4 is 29.9 Å². The number of para-hydroxylation sites is 1. The summed E-state index contributed by atoms with van der Waals surface area (Å²) in [4.78, 5) is 4.39. The van der Waals surface area contributed by atoms with E-state index in [2.05, 4.69) is 15.6 Å². The highest BCUT2D eigenvalue weighted by molar-refractivity contribution is 14.0. The Bertz CT molecular complexity index is 361. The molecule has 0 saturated heterocycles. The molecule has 0 saturated carbocycles. The van der Waals surface area contributed by atoms with Crippen molar-refractivity contribution in [2.75, 3.05) is 32.8 Å². The number of aliphatic imine (C=N–C) groups is 1. The van der Waals surface area contributed by atoms with Crippen molar-refractivity contribution in [1.82, 2.24) is 10.6 Å². The maximum absolute atomic E-state index is 8.75. The van der Waals surface area contributed by atoms with Crippen LogP contribution in [0.3, 0.4) is 0 Å². The zero-order valence-electron chi connectivity index (χ0n) is 11.8. The predicted molar refractivity (Wildman–Crippen MR) is 93.0 cm³/mol. The molecule has 3 N–H and O–H groups in total. The molecule has 1 aromatic carbocycles. The summed E-state index contributed by atoms with van der Waals surface area (Å²) >= 11 is 0. The molecule has 0 aliphatic carbocycles. The number of hydrogen-bond donors (Lipinski definition) is 3. The second-order valence-electron chi connectivity index (χ2n) is 3.93. The minimum atomic E-state index is 0. The number of benzene rings is 1. The summed E-state index contributed by atoms with van der Waals surface area (Å²) in [6.45, 7) is 4.75. The number of guanidine groups is 1. The van der Waals surface area contributed by atoms with E-state index in [0.29, 0.717) is 19.7 Å². The topological polar surface area (TPSA) is 65.9 Å². The molecular weight excluding hydrogens is 369 g/mol. The van der Waals surface area contributed by atoms with Gasteiger partial charge in [-0.1, -0.05) is 18.2 Å². The van der Waals surface area contributed by atoms with Crippen LogP contribution in [0.2, 0.25) is 0 Å². The smallest absolute Gasteiger partial charge is 0.191 e. The van der Waals surface area contributed by atoms with E-state index in [9.17, 15) is 0 Å². The Balaban J connectivity index is 0.00000361. The normalized spacial score (nSPS) is 10.6. The van der Waals surface area contributed by atoms with Gasteiger partial charge < -0.3 is 20.5 Å². The molecule has 0 spiro atoms. The minimum absolute atomic E-state index is 0. The van der Waals surface area contributed by atoms with E-state index in [4.69, 9.17) is 9.84 Å². The number of ether oxygens (including phenoxy) is 1. The van der Waals surface area contributed by atoms with Crippen LogP contribution < -0.4 is 15.4 Å². The maximum Gasteiger partial charge on any atom is 0.191 e. The van der Waals surface area contributed by atoms with Crippen molar-refractivity contribution in [2.45, 2.75) is 13.3 Å². The SMILES string of the molecule is CCNC(=NCCCOc1ccccc1)NCCO.I. The molecule has 0 unspecified atom stereocenters. The van der Waals surface area contributed by atoms with Gasteiger partial charge in [0.25, 0.3) is 0 Å². The van der Waals surface area contributed by atoms with Gasteiger partial charge in [-0.3, -0.25) is 4.99 Å². The lowest BCUT2D eigenvalue weighted by Crippen LogP contribution is -2.38. The predicted octanol–water partition coefficient (Wildman–Crippen LogP) is 1.62. The molecule has 0 radical (unpaired) electrons. The van der Waals surface area contributed by atoms with Gasteiger partial charge in [-0.25, -0.2) is 0 Å². The first-order chi connectivity index (χ1) is 9.36. The molecule has 0 bridgehead atoms. The average molecular weight is 393 g/mol. The average Bonchev–Trinajstić information content (AvgIpc) is 2.45. The summed E-state index contributed by atoms with van der Waals surface area (Å²) in [7, 11) is 0. The number of aliphatic hydroxyl groups is 1. The van der Waals surface area contributed by atoms with Crippen LogP contribution in [-0.4, -0.2) is 43.9 Å². The number of aliphatic hydroxyl groups excluding tert-OH is 1. The van der Waals surface area contributed by atoms with Gasteiger partial charge in [0.15, 0.2) is 5.96 Å². The third-order valence-electron chi connectivity index (χ3n) is 2.33. The van der Waals surface area contributed by atoms with Crippen molar-refractivity contribution < 1.29 is 9.84 Å². The van der Waals surface area contributed by atoms with Crippen LogP contribution in [0.15, 0.2) is 35.3 Å². The van der Waals surface area contributed by atoms with E-state index >= 15 is 0 Å². The summed E-state index contributed by atoms with van der Waals surface area (Å²) in [5.41, 5.74) is 0. The number of hydrogen-bond acceptors (Lipinski definition) is 3. The van der Waals surface area contributed by atoms with Crippen LogP contribution in [0.1, 0.15) is 13.3 Å². The Hall–Kier alpha value is -1.02. The molecule has 0 aromatic heterocycles. The van der Waals surface area contributed by atoms with Gasteiger partial charge in [0, 0.05) is 26.1 Å². The van der Waals surface area contributed by atoms with E-state index < -0.39 is 0 Å². The van der Waals surface area contributed by atoms with Gasteiger partial charge in [0.05, 0.1) is 13.2 Å². The number of nitrogens with one attached hydrogen (secondary N) is 2. The number of rotatable bonds is 8. The van der Waals surface area contributed by atoms with E-state index in [1.54, 1.807) is 0 Å². The monoisotopic (exact) mass is 393 g/mol. The van der Waals surface area contributed by atoms with Gasteiger partial charge in [-0.05, 0) is 19.1 Å². The van der Waals surface area contributed by atoms with Gasteiger partial charge in [0.1, 0.15) is 5.75 Å². The fourth-order valence-electron chi connectivity index (χ4n) is 1.48. The van der Waals surface area contributed by atoms with Crippen LogP contribution in [0.5, 0.6) is 5.75 Å². The first-order valence-electron chi connectivity index (χ1n) is 6.67. The lowest BCUT2D eigenvalue weighted by molar-refractivity contribution is 0.299. The van der Waals surface area contributed by atoms with Crippen LogP contribution in [0.4, 0.5) is 0 Å². The Kier molecular flexibility index (Phi) is 12.3. The molecule has 0 atom stereocenters. The van der Waals surface area contributed by atoms with E-state index in [1.165, 1.54) is 0 Å².